The summed E-state index contributed by atoms with van der Waals surface area (Å²) >= 11 is 0. The molecule has 1 aliphatic carbocycles. The second-order valence-electron chi connectivity index (χ2n) is 8.43. The molecule has 4 aromatic rings. The molecule has 0 spiro atoms. The quantitative estimate of drug-likeness (QED) is 0.386. The molecule has 0 fully saturated rings. The van der Waals surface area contributed by atoms with Crippen LogP contribution in [0, 0.1) is 17.3 Å². The minimum atomic E-state index is -3.20. The van der Waals surface area contributed by atoms with Crippen LogP contribution in [0.15, 0.2) is 36.9 Å². The van der Waals surface area contributed by atoms with Crippen LogP contribution < -0.4 is 10.1 Å². The Morgan fingerprint density at radius 2 is 2.03 bits per heavy atom. The van der Waals surface area contributed by atoms with Crippen LogP contribution in [-0.2, 0) is 10.2 Å². The van der Waals surface area contributed by atoms with Gasteiger partial charge in [0.15, 0.2) is 5.65 Å². The lowest BCUT2D eigenvalue weighted by molar-refractivity contribution is -0.117. The van der Waals surface area contributed by atoms with Crippen molar-refractivity contribution in [3.8, 4) is 11.9 Å². The fraction of sp³-hybridized carbons (Fsp3) is 0.273. The number of carbonyl (C=O) groups is 1. The number of anilines is 1. The van der Waals surface area contributed by atoms with Gasteiger partial charge in [-0.2, -0.15) is 32.3 Å². The van der Waals surface area contributed by atoms with E-state index in [2.05, 4.69) is 30.2 Å². The van der Waals surface area contributed by atoms with Gasteiger partial charge in [-0.15, -0.1) is 5.10 Å². The summed E-state index contributed by atoms with van der Waals surface area (Å²) in [5.41, 5.74) is -0.169. The summed E-state index contributed by atoms with van der Waals surface area (Å²) in [6.45, 7) is -4.40. The number of halogens is 5. The molecule has 0 bridgehead atoms. The van der Waals surface area contributed by atoms with Gasteiger partial charge in [-0.1, -0.05) is 0 Å². The maximum absolute atomic E-state index is 14.0. The van der Waals surface area contributed by atoms with Crippen LogP contribution in [0.2, 0.25) is 0 Å². The first kappa shape index (κ1) is 24.1. The first-order chi connectivity index (χ1) is 17.6. The molecule has 0 saturated carbocycles. The number of pyridine rings is 1. The van der Waals surface area contributed by atoms with Gasteiger partial charge in [-0.3, -0.25) is 4.79 Å². The highest BCUT2D eigenvalue weighted by Gasteiger charge is 2.48. The zero-order chi connectivity index (χ0) is 26.5. The van der Waals surface area contributed by atoms with Gasteiger partial charge in [0.05, 0.1) is 29.7 Å². The van der Waals surface area contributed by atoms with E-state index in [4.69, 9.17) is 0 Å². The second-order valence-corrected chi connectivity index (χ2v) is 8.43. The zero-order valence-electron chi connectivity index (χ0n) is 18.7. The van der Waals surface area contributed by atoms with Crippen molar-refractivity contribution in [1.82, 2.24) is 29.4 Å². The summed E-state index contributed by atoms with van der Waals surface area (Å²) in [4.78, 5) is 21.2. The lowest BCUT2D eigenvalue weighted by Crippen LogP contribution is -2.25. The van der Waals surface area contributed by atoms with E-state index in [1.807, 2.05) is 0 Å². The van der Waals surface area contributed by atoms with E-state index in [0.29, 0.717) is 21.5 Å². The number of amides is 1. The van der Waals surface area contributed by atoms with Crippen LogP contribution in [0.5, 0.6) is 5.88 Å². The molecular weight excluding hydrogens is 503 g/mol. The number of nitrogens with one attached hydrogen (secondary N) is 1. The van der Waals surface area contributed by atoms with Gasteiger partial charge in [-0.05, 0) is 19.4 Å². The summed E-state index contributed by atoms with van der Waals surface area (Å²) in [5.74, 6) is -2.92. The normalized spacial score (nSPS) is 18.8. The Hall–Kier alpha value is -4.61. The average molecular weight is 518 g/mol. The van der Waals surface area contributed by atoms with Crippen molar-refractivity contribution >= 4 is 17.2 Å². The Bertz CT molecular complexity index is 1560. The van der Waals surface area contributed by atoms with E-state index in [1.54, 1.807) is 13.0 Å². The maximum atomic E-state index is 14.0. The number of fused-ring (bicyclic) bond motifs is 3. The van der Waals surface area contributed by atoms with E-state index in [1.165, 1.54) is 16.9 Å². The van der Waals surface area contributed by atoms with Gasteiger partial charge in [0.2, 0.25) is 17.7 Å². The molecule has 1 aliphatic rings. The van der Waals surface area contributed by atoms with Crippen molar-refractivity contribution < 1.29 is 31.5 Å². The molecule has 10 nitrogen and oxygen atoms in total. The topological polar surface area (TPSA) is 123 Å². The van der Waals surface area contributed by atoms with Crippen LogP contribution in [-0.4, -0.2) is 41.9 Å². The molecule has 0 aliphatic heterocycles. The van der Waals surface area contributed by atoms with Crippen molar-refractivity contribution in [2.45, 2.75) is 37.8 Å². The van der Waals surface area contributed by atoms with Crippen LogP contribution in [0.1, 0.15) is 48.2 Å². The van der Waals surface area contributed by atoms with Crippen LogP contribution in [0.4, 0.5) is 27.6 Å². The van der Waals surface area contributed by atoms with Gasteiger partial charge in [0.25, 0.3) is 0 Å². The first-order valence-electron chi connectivity index (χ1n) is 10.6. The molecule has 190 valence electrons. The number of alkyl halides is 4. The highest BCUT2D eigenvalue weighted by atomic mass is 19.3. The first-order valence-corrected chi connectivity index (χ1v) is 10.6. The number of aromatic nitrogens is 6. The Kier molecular flexibility index (Phi) is 5.73. The Morgan fingerprint density at radius 1 is 1.24 bits per heavy atom. The predicted octanol–water partition coefficient (Wildman–Crippen LogP) is 3.76. The number of carbonyl (C=O) groups excluding carboxylic acids is 1. The second kappa shape index (κ2) is 8.80. The molecule has 1 N–H and O–H groups in total. The third-order valence-corrected chi connectivity index (χ3v) is 6.19. The van der Waals surface area contributed by atoms with Crippen molar-refractivity contribution in [2.24, 2.45) is 0 Å². The van der Waals surface area contributed by atoms with Crippen molar-refractivity contribution in [2.75, 3.05) is 5.32 Å². The lowest BCUT2D eigenvalue weighted by Gasteiger charge is -2.24. The molecule has 37 heavy (non-hydrogen) atoms. The third kappa shape index (κ3) is 4.09. The predicted molar refractivity (Wildman–Crippen MR) is 114 cm³/mol. The van der Waals surface area contributed by atoms with Gasteiger partial charge in [0.1, 0.15) is 11.6 Å². The number of hydrogen-bond donors (Lipinski definition) is 1. The largest absolute Gasteiger partial charge is 0.415 e. The molecule has 4 heterocycles. The van der Waals surface area contributed by atoms with Crippen LogP contribution in [0.3, 0.4) is 0 Å². The van der Waals surface area contributed by atoms with E-state index in [0.717, 1.165) is 24.5 Å². The Labute approximate surface area is 204 Å². The molecule has 1 amide bonds. The van der Waals surface area contributed by atoms with E-state index < -0.39 is 42.2 Å². The molecule has 15 heteroatoms. The fourth-order valence-corrected chi connectivity index (χ4v) is 4.57. The molecule has 2 atom stereocenters. The number of nitriles is 1. The monoisotopic (exact) mass is 518 g/mol. The van der Waals surface area contributed by atoms with Crippen molar-refractivity contribution in [3.63, 3.8) is 0 Å². The molecule has 2 unspecified atom stereocenters. The number of hydrogen-bond acceptors (Lipinski definition) is 7. The lowest BCUT2D eigenvalue weighted by atomic mass is 9.80. The van der Waals surface area contributed by atoms with Crippen molar-refractivity contribution in [3.05, 3.63) is 65.3 Å². The highest BCUT2D eigenvalue weighted by molar-refractivity contribution is 5.97. The minimum absolute atomic E-state index is 0.0306. The summed E-state index contributed by atoms with van der Waals surface area (Å²) in [5, 5.41) is 19.3. The van der Waals surface area contributed by atoms with Gasteiger partial charge < -0.3 is 10.1 Å². The average Bonchev–Trinajstić information content (AvgIpc) is 3.55. The smallest absolute Gasteiger partial charge is 0.388 e. The zero-order valence-corrected chi connectivity index (χ0v) is 18.7. The van der Waals surface area contributed by atoms with E-state index in [9.17, 15) is 32.0 Å². The van der Waals surface area contributed by atoms with E-state index >= 15 is 0 Å². The summed E-state index contributed by atoms with van der Waals surface area (Å²) < 4.78 is 71.4. The van der Waals surface area contributed by atoms with Crippen LogP contribution >= 0.6 is 0 Å². The van der Waals surface area contributed by atoms with Crippen molar-refractivity contribution in [1.29, 1.82) is 5.26 Å². The molecular formula is C22H15F5N8O2. The summed E-state index contributed by atoms with van der Waals surface area (Å²) in [7, 11) is 0. The van der Waals surface area contributed by atoms with Gasteiger partial charge >= 0.3 is 13.2 Å². The molecule has 4 aromatic heterocycles. The fourth-order valence-electron chi connectivity index (χ4n) is 4.57. The standard InChI is InChI=1S/C22H15F5N8O2/c1-22(11-6-31-34(9-11)20(24)25)4-13(14-8-29-16-3-15(23)33-35(16)17(14)22)18(36)32-12-2-10(5-28)19(30-7-12)37-21(26)27/h2-3,6-9,13,20-21H,4H2,1H3,(H,32,36). The van der Waals surface area contributed by atoms with Gasteiger partial charge in [-0.25, -0.2) is 19.2 Å². The Balaban J connectivity index is 1.54. The maximum Gasteiger partial charge on any atom is 0.388 e. The highest BCUT2D eigenvalue weighted by Crippen LogP contribution is 2.50. The molecule has 0 saturated heterocycles. The third-order valence-electron chi connectivity index (χ3n) is 6.19. The number of nitrogens with zero attached hydrogens (tertiary/aromatic N) is 7. The van der Waals surface area contributed by atoms with E-state index in [-0.39, 0.29) is 23.3 Å². The molecule has 5 rings (SSSR count). The van der Waals surface area contributed by atoms with Crippen LogP contribution in [0.25, 0.3) is 5.65 Å². The number of rotatable bonds is 6. The SMILES string of the molecule is CC1(c2cnn(C(F)F)c2)CC(C(=O)Nc2cnc(OC(F)F)c(C#N)c2)c2cnc3cc(F)nn3c21. The summed E-state index contributed by atoms with van der Waals surface area (Å²) in [6.07, 6.45) is 4.87. The minimum Gasteiger partial charge on any atom is -0.415 e. The Morgan fingerprint density at radius 3 is 2.70 bits per heavy atom. The number of ether oxygens (including phenoxy) is 1. The van der Waals surface area contributed by atoms with Gasteiger partial charge in [0, 0.05) is 35.0 Å². The summed E-state index contributed by atoms with van der Waals surface area (Å²) in [6, 6.07) is 3.88. The molecule has 0 aromatic carbocycles. The molecule has 0 radical (unpaired) electrons.